The molecule has 164 valence electrons. The Morgan fingerprint density at radius 2 is 1.64 bits per heavy atom. The zero-order valence-electron chi connectivity index (χ0n) is 17.9. The van der Waals surface area contributed by atoms with Crippen molar-refractivity contribution in [2.75, 3.05) is 13.1 Å². The Morgan fingerprint density at radius 1 is 0.879 bits per heavy atom. The molecule has 0 aliphatic carbocycles. The second-order valence-corrected chi connectivity index (χ2v) is 8.04. The summed E-state index contributed by atoms with van der Waals surface area (Å²) in [6, 6.07) is 13.4. The first-order valence-electron chi connectivity index (χ1n) is 10.9. The minimum absolute atomic E-state index is 0.0680. The third kappa shape index (κ3) is 4.48. The fraction of sp³-hybridized carbons (Fsp3) is 0.192. The Kier molecular flexibility index (Phi) is 5.85. The molecular weight excluding hydrogens is 417 g/mol. The van der Waals surface area contributed by atoms with E-state index in [0.717, 1.165) is 35.2 Å². The zero-order chi connectivity index (χ0) is 22.6. The van der Waals surface area contributed by atoms with Crippen LogP contribution in [0, 0.1) is 5.82 Å². The molecule has 0 unspecified atom stereocenters. The summed E-state index contributed by atoms with van der Waals surface area (Å²) in [7, 11) is 0. The minimum atomic E-state index is -0.345. The van der Waals surface area contributed by atoms with Crippen LogP contribution in [0.25, 0.3) is 22.5 Å². The number of likely N-dealkylation sites (tertiary alicyclic amines) is 1. The number of amides is 1. The molecule has 6 nitrogen and oxygen atoms in total. The molecule has 1 amide bonds. The molecule has 0 atom stereocenters. The maximum absolute atomic E-state index is 13.2. The van der Waals surface area contributed by atoms with Gasteiger partial charge in [-0.25, -0.2) is 14.4 Å². The molecule has 3 aromatic heterocycles. The molecule has 1 aliphatic rings. The van der Waals surface area contributed by atoms with E-state index in [4.69, 9.17) is 4.98 Å². The van der Waals surface area contributed by atoms with E-state index >= 15 is 0 Å². The summed E-state index contributed by atoms with van der Waals surface area (Å²) in [5.41, 5.74) is 4.34. The summed E-state index contributed by atoms with van der Waals surface area (Å²) < 4.78 is 13.2. The van der Waals surface area contributed by atoms with Gasteiger partial charge in [-0.15, -0.1) is 0 Å². The maximum Gasteiger partial charge on any atom is 0.253 e. The quantitative estimate of drug-likeness (QED) is 0.459. The molecule has 1 fully saturated rings. The number of piperidine rings is 1. The van der Waals surface area contributed by atoms with Gasteiger partial charge in [0.1, 0.15) is 5.82 Å². The van der Waals surface area contributed by atoms with Gasteiger partial charge in [0.15, 0.2) is 5.82 Å². The van der Waals surface area contributed by atoms with Crippen molar-refractivity contribution in [3.63, 3.8) is 0 Å². The predicted octanol–water partition coefficient (Wildman–Crippen LogP) is 4.76. The van der Waals surface area contributed by atoms with Crippen molar-refractivity contribution in [1.82, 2.24) is 24.8 Å². The molecule has 5 rings (SSSR count). The molecule has 1 aromatic carbocycles. The molecule has 0 bridgehead atoms. The Balaban J connectivity index is 1.42. The highest BCUT2D eigenvalue weighted by molar-refractivity contribution is 5.94. The standard InChI is InChI=1S/C26H22FN5O/c27-22-5-3-20(4-6-22)26(33)32-14-9-19(10-15-32)24-23(18-7-12-28-13-8-18)17-30-25(31-24)21-2-1-11-29-16-21/h1-8,11-13,16-17,19H,9-10,14-15H2. The lowest BCUT2D eigenvalue weighted by molar-refractivity contribution is 0.0712. The van der Waals surface area contributed by atoms with Gasteiger partial charge < -0.3 is 4.90 Å². The summed E-state index contributed by atoms with van der Waals surface area (Å²) in [6.45, 7) is 1.23. The lowest BCUT2D eigenvalue weighted by atomic mass is 9.88. The van der Waals surface area contributed by atoms with Gasteiger partial charge in [-0.05, 0) is 66.9 Å². The first-order chi connectivity index (χ1) is 16.2. The average Bonchev–Trinajstić information content (AvgIpc) is 2.89. The van der Waals surface area contributed by atoms with Crippen LogP contribution in [-0.4, -0.2) is 43.8 Å². The van der Waals surface area contributed by atoms with Crippen molar-refractivity contribution in [1.29, 1.82) is 0 Å². The number of hydrogen-bond acceptors (Lipinski definition) is 5. The van der Waals surface area contributed by atoms with Crippen LogP contribution in [0.5, 0.6) is 0 Å². The van der Waals surface area contributed by atoms with Gasteiger partial charge >= 0.3 is 0 Å². The smallest absolute Gasteiger partial charge is 0.253 e. The normalized spacial score (nSPS) is 14.3. The number of carbonyl (C=O) groups excluding carboxylic acids is 1. The Hall–Kier alpha value is -4.00. The van der Waals surface area contributed by atoms with Gasteiger partial charge in [-0.2, -0.15) is 0 Å². The van der Waals surface area contributed by atoms with E-state index in [1.165, 1.54) is 24.3 Å². The van der Waals surface area contributed by atoms with Crippen LogP contribution in [0.4, 0.5) is 4.39 Å². The Labute approximate surface area is 191 Å². The number of carbonyl (C=O) groups is 1. The third-order valence-corrected chi connectivity index (χ3v) is 5.99. The highest BCUT2D eigenvalue weighted by Gasteiger charge is 2.28. The molecule has 0 saturated carbocycles. The van der Waals surface area contributed by atoms with Crippen molar-refractivity contribution < 1.29 is 9.18 Å². The molecule has 0 radical (unpaired) electrons. The van der Waals surface area contributed by atoms with E-state index in [9.17, 15) is 9.18 Å². The second kappa shape index (κ2) is 9.24. The summed E-state index contributed by atoms with van der Waals surface area (Å²) >= 11 is 0. The van der Waals surface area contributed by atoms with Crippen LogP contribution in [0.1, 0.15) is 34.8 Å². The van der Waals surface area contributed by atoms with Crippen molar-refractivity contribution in [2.45, 2.75) is 18.8 Å². The van der Waals surface area contributed by atoms with Crippen LogP contribution in [0.3, 0.4) is 0 Å². The van der Waals surface area contributed by atoms with Crippen LogP contribution >= 0.6 is 0 Å². The number of aromatic nitrogens is 4. The zero-order valence-corrected chi connectivity index (χ0v) is 17.9. The molecule has 4 aromatic rings. The van der Waals surface area contributed by atoms with E-state index in [-0.39, 0.29) is 17.6 Å². The van der Waals surface area contributed by atoms with Crippen LogP contribution in [-0.2, 0) is 0 Å². The highest BCUT2D eigenvalue weighted by Crippen LogP contribution is 2.35. The van der Waals surface area contributed by atoms with Gasteiger partial charge in [0.05, 0.1) is 5.69 Å². The molecule has 4 heterocycles. The number of hydrogen-bond donors (Lipinski definition) is 0. The summed E-state index contributed by atoms with van der Waals surface area (Å²) in [6.07, 6.45) is 10.5. The summed E-state index contributed by atoms with van der Waals surface area (Å²) in [4.78, 5) is 32.6. The lowest BCUT2D eigenvalue weighted by Crippen LogP contribution is -2.38. The maximum atomic E-state index is 13.2. The number of rotatable bonds is 4. The fourth-order valence-electron chi connectivity index (χ4n) is 4.23. The van der Waals surface area contributed by atoms with Gasteiger partial charge in [0, 0.05) is 66.7 Å². The molecule has 1 aliphatic heterocycles. The first kappa shape index (κ1) is 20.9. The van der Waals surface area contributed by atoms with Crippen molar-refractivity contribution in [3.05, 3.63) is 96.6 Å². The molecule has 0 N–H and O–H groups in total. The summed E-state index contributed by atoms with van der Waals surface area (Å²) in [5, 5.41) is 0. The SMILES string of the molecule is O=C(c1ccc(F)cc1)N1CCC(c2nc(-c3cccnc3)ncc2-c2ccncc2)CC1. The van der Waals surface area contributed by atoms with Crippen LogP contribution in [0.2, 0.25) is 0 Å². The Bertz CT molecular complexity index is 1240. The molecule has 0 spiro atoms. The predicted molar refractivity (Wildman–Crippen MR) is 123 cm³/mol. The minimum Gasteiger partial charge on any atom is -0.339 e. The van der Waals surface area contributed by atoms with Crippen molar-refractivity contribution in [2.24, 2.45) is 0 Å². The number of pyridine rings is 2. The fourth-order valence-corrected chi connectivity index (χ4v) is 4.23. The van der Waals surface area contributed by atoms with Crippen LogP contribution < -0.4 is 0 Å². The van der Waals surface area contributed by atoms with E-state index in [1.54, 1.807) is 24.8 Å². The van der Waals surface area contributed by atoms with E-state index in [0.29, 0.717) is 24.5 Å². The van der Waals surface area contributed by atoms with Gasteiger partial charge in [-0.1, -0.05) is 0 Å². The van der Waals surface area contributed by atoms with E-state index in [2.05, 4.69) is 15.0 Å². The van der Waals surface area contributed by atoms with E-state index in [1.807, 2.05) is 35.4 Å². The third-order valence-electron chi connectivity index (χ3n) is 5.99. The number of benzene rings is 1. The van der Waals surface area contributed by atoms with Crippen molar-refractivity contribution >= 4 is 5.91 Å². The largest absolute Gasteiger partial charge is 0.339 e. The molecule has 1 saturated heterocycles. The Morgan fingerprint density at radius 3 is 2.33 bits per heavy atom. The lowest BCUT2D eigenvalue weighted by Gasteiger charge is -2.32. The average molecular weight is 439 g/mol. The monoisotopic (exact) mass is 439 g/mol. The highest BCUT2D eigenvalue weighted by atomic mass is 19.1. The van der Waals surface area contributed by atoms with Gasteiger partial charge in [0.2, 0.25) is 0 Å². The van der Waals surface area contributed by atoms with Crippen LogP contribution in [0.15, 0.2) is 79.5 Å². The summed E-state index contributed by atoms with van der Waals surface area (Å²) in [5.74, 6) is 0.410. The van der Waals surface area contributed by atoms with Gasteiger partial charge in [0.25, 0.3) is 5.91 Å². The van der Waals surface area contributed by atoms with E-state index < -0.39 is 0 Å². The first-order valence-corrected chi connectivity index (χ1v) is 10.9. The molecule has 33 heavy (non-hydrogen) atoms. The molecular formula is C26H22FN5O. The molecule has 7 heteroatoms. The topological polar surface area (TPSA) is 71.9 Å². The van der Waals surface area contributed by atoms with Crippen molar-refractivity contribution in [3.8, 4) is 22.5 Å². The number of halogens is 1. The number of nitrogens with zero attached hydrogens (tertiary/aromatic N) is 5. The second-order valence-electron chi connectivity index (χ2n) is 8.04. The van der Waals surface area contributed by atoms with Gasteiger partial charge in [-0.3, -0.25) is 14.8 Å².